The number of carboxylic acid groups (broad SMARTS) is 1. The van der Waals surface area contributed by atoms with Gasteiger partial charge in [0.25, 0.3) is 5.91 Å². The third-order valence-corrected chi connectivity index (χ3v) is 9.65. The van der Waals surface area contributed by atoms with E-state index in [1.165, 1.54) is 14.2 Å². The lowest BCUT2D eigenvalue weighted by atomic mass is 9.86. The number of rotatable bonds is 17. The van der Waals surface area contributed by atoms with Gasteiger partial charge in [-0.25, -0.2) is 18.2 Å². The van der Waals surface area contributed by atoms with Gasteiger partial charge in [-0.2, -0.15) is 0 Å². The van der Waals surface area contributed by atoms with Crippen molar-refractivity contribution in [3.05, 3.63) is 96.2 Å². The minimum absolute atomic E-state index is 0.156. The van der Waals surface area contributed by atoms with Gasteiger partial charge in [0.15, 0.2) is 5.75 Å². The first kappa shape index (κ1) is 43.5. The molecule has 16 nitrogen and oxygen atoms in total. The van der Waals surface area contributed by atoms with Crippen LogP contribution in [-0.4, -0.2) is 69.5 Å². The van der Waals surface area contributed by atoms with Gasteiger partial charge in [0.2, 0.25) is 10.0 Å². The molecule has 1 atom stereocenters. The van der Waals surface area contributed by atoms with Crippen molar-refractivity contribution in [2.45, 2.75) is 51.5 Å². The average molecular weight is 828 g/mol. The zero-order valence-electron chi connectivity index (χ0n) is 33.6. The highest BCUT2D eigenvalue weighted by atomic mass is 32.2. The standard InChI is InChI=1S/C42H49N7O9S/c1-42(2,3)25-21-33(38(57-5)34(22-25)49-59(6,54)55)48-41(53)47-32-16-17-35(29-12-8-7-11-28(29)32)58-27-18-20-44-37(24-27)46-26-14-15-30(36(23-26)56-4)39(50)45-19-10-9-13-31(43)40(51)52/h7-8,11-12,14-18,20-24,31,49H,9-10,13,19,43H2,1-6H3,(H,44,46)(H,45,50)(H,51,52)(H2,47,48,53)/t31-/m0/s1. The number of carboxylic acids is 1. The second-order valence-corrected chi connectivity index (χ2v) is 16.4. The Balaban J connectivity index is 1.29. The van der Waals surface area contributed by atoms with Gasteiger partial charge in [-0.1, -0.05) is 45.0 Å². The largest absolute Gasteiger partial charge is 0.496 e. The summed E-state index contributed by atoms with van der Waals surface area (Å²) in [6, 6.07) is 21.2. The van der Waals surface area contributed by atoms with Crippen LogP contribution in [0.2, 0.25) is 0 Å². The van der Waals surface area contributed by atoms with E-state index in [-0.39, 0.29) is 28.4 Å². The normalized spacial score (nSPS) is 11.9. The van der Waals surface area contributed by atoms with E-state index in [1.807, 2.05) is 45.0 Å². The molecule has 0 fully saturated rings. The fraction of sp³-hybridized carbons (Fsp3) is 0.286. The van der Waals surface area contributed by atoms with Crippen molar-refractivity contribution in [1.29, 1.82) is 0 Å². The summed E-state index contributed by atoms with van der Waals surface area (Å²) in [6.07, 6.45) is 4.08. The van der Waals surface area contributed by atoms with Crippen molar-refractivity contribution >= 4 is 67.3 Å². The number of nitrogens with one attached hydrogen (secondary N) is 5. The summed E-state index contributed by atoms with van der Waals surface area (Å²) in [7, 11) is -0.795. The lowest BCUT2D eigenvalue weighted by molar-refractivity contribution is -0.138. The molecule has 1 aromatic heterocycles. The predicted molar refractivity (Wildman–Crippen MR) is 229 cm³/mol. The smallest absolute Gasteiger partial charge is 0.323 e. The summed E-state index contributed by atoms with van der Waals surface area (Å²) in [5.41, 5.74) is 7.84. The molecule has 312 valence electrons. The van der Waals surface area contributed by atoms with Crippen LogP contribution in [-0.2, 0) is 20.2 Å². The number of ether oxygens (including phenoxy) is 3. The molecule has 0 aliphatic heterocycles. The zero-order valence-corrected chi connectivity index (χ0v) is 34.5. The second kappa shape index (κ2) is 18.8. The van der Waals surface area contributed by atoms with Crippen molar-refractivity contribution in [1.82, 2.24) is 10.3 Å². The Morgan fingerprint density at radius 2 is 1.56 bits per heavy atom. The summed E-state index contributed by atoms with van der Waals surface area (Å²) in [4.78, 5) is 41.7. The minimum atomic E-state index is -3.65. The predicted octanol–water partition coefficient (Wildman–Crippen LogP) is 7.41. The quantitative estimate of drug-likeness (QED) is 0.0454. The van der Waals surface area contributed by atoms with E-state index in [0.717, 1.165) is 11.8 Å². The van der Waals surface area contributed by atoms with Crippen LogP contribution in [0.15, 0.2) is 85.1 Å². The van der Waals surface area contributed by atoms with E-state index in [4.69, 9.17) is 25.1 Å². The number of hydrogen-bond acceptors (Lipinski definition) is 11. The third-order valence-electron chi connectivity index (χ3n) is 9.06. The van der Waals surface area contributed by atoms with E-state index >= 15 is 0 Å². The van der Waals surface area contributed by atoms with Crippen LogP contribution < -0.4 is 45.9 Å². The Morgan fingerprint density at radius 1 is 0.847 bits per heavy atom. The Kier molecular flexibility index (Phi) is 13.9. The maximum absolute atomic E-state index is 13.5. The molecule has 1 heterocycles. The molecule has 4 aromatic carbocycles. The number of carbonyl (C=O) groups excluding carboxylic acids is 2. The number of hydrogen-bond donors (Lipinski definition) is 7. The molecular formula is C42H49N7O9S. The molecule has 0 unspecified atom stereocenters. The van der Waals surface area contributed by atoms with Gasteiger partial charge in [-0.15, -0.1) is 0 Å². The molecule has 8 N–H and O–H groups in total. The molecule has 5 aromatic rings. The highest BCUT2D eigenvalue weighted by Gasteiger charge is 2.23. The van der Waals surface area contributed by atoms with E-state index in [9.17, 15) is 22.8 Å². The van der Waals surface area contributed by atoms with E-state index in [2.05, 4.69) is 31.0 Å². The fourth-order valence-electron chi connectivity index (χ4n) is 6.08. The molecular weight excluding hydrogens is 779 g/mol. The molecule has 0 spiro atoms. The van der Waals surface area contributed by atoms with Crippen molar-refractivity contribution in [3.8, 4) is 23.0 Å². The Hall–Kier alpha value is -6.59. The summed E-state index contributed by atoms with van der Waals surface area (Å²) >= 11 is 0. The average Bonchev–Trinajstić information content (AvgIpc) is 3.17. The molecule has 0 saturated heterocycles. The molecule has 3 amide bonds. The summed E-state index contributed by atoms with van der Waals surface area (Å²) < 4.78 is 44.2. The maximum atomic E-state index is 13.5. The van der Waals surface area contributed by atoms with Crippen LogP contribution in [0, 0.1) is 0 Å². The second-order valence-electron chi connectivity index (χ2n) is 14.7. The number of carbonyl (C=O) groups is 3. The fourth-order valence-corrected chi connectivity index (χ4v) is 6.63. The molecule has 0 bridgehead atoms. The van der Waals surface area contributed by atoms with Gasteiger partial charge >= 0.3 is 12.0 Å². The van der Waals surface area contributed by atoms with E-state index < -0.39 is 28.1 Å². The SMILES string of the molecule is COc1cc(Nc2cc(Oc3ccc(NC(=O)Nc4cc(C(C)(C)C)cc(NS(C)(=O)=O)c4OC)c4ccccc34)ccn2)ccc1C(=O)NCCCC[C@H](N)C(=O)O. The van der Waals surface area contributed by atoms with Crippen LogP contribution in [0.1, 0.15) is 56.0 Å². The van der Waals surface area contributed by atoms with Crippen molar-refractivity contribution < 1.29 is 42.1 Å². The first-order valence-electron chi connectivity index (χ1n) is 18.6. The van der Waals surface area contributed by atoms with Gasteiger partial charge in [-0.3, -0.25) is 14.3 Å². The van der Waals surface area contributed by atoms with Crippen LogP contribution >= 0.6 is 0 Å². The topological polar surface area (TPSA) is 232 Å². The Bertz CT molecular complexity index is 2450. The summed E-state index contributed by atoms with van der Waals surface area (Å²) in [6.45, 7) is 6.27. The third kappa shape index (κ3) is 11.7. The number of methoxy groups -OCH3 is 2. The monoisotopic (exact) mass is 827 g/mol. The van der Waals surface area contributed by atoms with Crippen LogP contribution in [0.4, 0.5) is 33.4 Å². The highest BCUT2D eigenvalue weighted by Crippen LogP contribution is 2.40. The van der Waals surface area contributed by atoms with E-state index in [1.54, 1.807) is 60.8 Å². The lowest BCUT2D eigenvalue weighted by Gasteiger charge is -2.24. The molecule has 0 aliphatic rings. The first-order chi connectivity index (χ1) is 27.9. The van der Waals surface area contributed by atoms with E-state index in [0.29, 0.717) is 76.6 Å². The number of nitrogens with two attached hydrogens (primary N) is 1. The number of nitrogens with zero attached hydrogens (tertiary/aromatic N) is 1. The molecule has 5 rings (SSSR count). The van der Waals surface area contributed by atoms with Crippen molar-refractivity contribution in [3.63, 3.8) is 0 Å². The number of pyridine rings is 1. The van der Waals surface area contributed by atoms with Gasteiger partial charge in [0.1, 0.15) is 29.1 Å². The molecule has 0 radical (unpaired) electrons. The van der Waals surface area contributed by atoms with Crippen molar-refractivity contribution in [2.75, 3.05) is 47.7 Å². The number of unbranched alkanes of at least 4 members (excludes halogenated alkanes) is 1. The molecule has 17 heteroatoms. The zero-order chi connectivity index (χ0) is 42.9. The molecule has 0 saturated carbocycles. The number of benzene rings is 4. The maximum Gasteiger partial charge on any atom is 0.323 e. The minimum Gasteiger partial charge on any atom is -0.496 e. The number of fused-ring (bicyclic) bond motifs is 1. The number of amides is 3. The van der Waals surface area contributed by atoms with Crippen molar-refractivity contribution in [2.24, 2.45) is 5.73 Å². The van der Waals surface area contributed by atoms with Crippen LogP contribution in [0.5, 0.6) is 23.0 Å². The summed E-state index contributed by atoms with van der Waals surface area (Å²) in [5, 5.41) is 22.1. The van der Waals surface area contributed by atoms with Gasteiger partial charge in [0.05, 0.1) is 43.1 Å². The van der Waals surface area contributed by atoms with Gasteiger partial charge in [-0.05, 0) is 72.7 Å². The number of aliphatic carboxylic acids is 1. The highest BCUT2D eigenvalue weighted by molar-refractivity contribution is 7.92. The number of sulfonamides is 1. The molecule has 0 aliphatic carbocycles. The van der Waals surface area contributed by atoms with Gasteiger partial charge in [0, 0.05) is 41.3 Å². The lowest BCUT2D eigenvalue weighted by Crippen LogP contribution is -2.30. The Labute approximate surface area is 342 Å². The van der Waals surface area contributed by atoms with Crippen LogP contribution in [0.3, 0.4) is 0 Å². The summed E-state index contributed by atoms with van der Waals surface area (Å²) in [5.74, 6) is 0.565. The van der Waals surface area contributed by atoms with Gasteiger partial charge < -0.3 is 46.3 Å². The Morgan fingerprint density at radius 3 is 2.24 bits per heavy atom. The van der Waals surface area contributed by atoms with Crippen LogP contribution in [0.25, 0.3) is 10.8 Å². The number of aromatic nitrogens is 1. The number of urea groups is 1. The first-order valence-corrected chi connectivity index (χ1v) is 20.5. The number of anilines is 5. The molecule has 59 heavy (non-hydrogen) atoms.